The molecule has 0 radical (unpaired) electrons. The molecule has 3 nitrogen and oxygen atoms in total. The van der Waals surface area contributed by atoms with Gasteiger partial charge in [0, 0.05) is 18.0 Å². The Hall–Kier alpha value is -0.830. The quantitative estimate of drug-likeness (QED) is 0.548. The van der Waals surface area contributed by atoms with Gasteiger partial charge in [-0.2, -0.15) is 0 Å². The highest BCUT2D eigenvalue weighted by Gasteiger charge is 2.53. The first kappa shape index (κ1) is 17.6. The molecule has 6 unspecified atom stereocenters. The number of nitrogens with zero attached hydrogens (tertiary/aromatic N) is 1. The Labute approximate surface area is 153 Å². The normalized spacial score (nSPS) is 48.2. The zero-order chi connectivity index (χ0) is 17.6. The summed E-state index contributed by atoms with van der Waals surface area (Å²) in [5, 5.41) is 0. The van der Waals surface area contributed by atoms with Gasteiger partial charge in [0.1, 0.15) is 6.10 Å². The molecule has 3 heteroatoms. The topological polar surface area (TPSA) is 29.5 Å². The molecule has 8 atom stereocenters. The van der Waals surface area contributed by atoms with E-state index in [0.29, 0.717) is 23.9 Å². The van der Waals surface area contributed by atoms with Crippen molar-refractivity contribution in [2.45, 2.75) is 83.4 Å². The maximum atomic E-state index is 12.4. The van der Waals surface area contributed by atoms with Crippen LogP contribution in [0.5, 0.6) is 0 Å². The largest absolute Gasteiger partial charge is 0.462 e. The molecule has 4 rings (SSSR count). The van der Waals surface area contributed by atoms with E-state index in [1.807, 2.05) is 0 Å². The Morgan fingerprint density at radius 1 is 1.04 bits per heavy atom. The van der Waals surface area contributed by atoms with E-state index in [1.165, 1.54) is 44.9 Å². The lowest BCUT2D eigenvalue weighted by Crippen LogP contribution is -2.44. The van der Waals surface area contributed by atoms with Gasteiger partial charge in [-0.25, -0.2) is 0 Å². The van der Waals surface area contributed by atoms with Crippen LogP contribution in [0.25, 0.3) is 0 Å². The monoisotopic (exact) mass is 345 g/mol. The minimum absolute atomic E-state index is 0.0864. The molecule has 0 amide bonds. The summed E-state index contributed by atoms with van der Waals surface area (Å²) in [5.74, 6) is 2.71. The van der Waals surface area contributed by atoms with Gasteiger partial charge in [-0.15, -0.1) is 0 Å². The molecule has 140 valence electrons. The van der Waals surface area contributed by atoms with Crippen molar-refractivity contribution in [1.29, 1.82) is 0 Å². The van der Waals surface area contributed by atoms with E-state index in [4.69, 9.17) is 4.74 Å². The number of carbonyl (C=O) groups excluding carboxylic acids is 1. The van der Waals surface area contributed by atoms with Crippen LogP contribution in [0.15, 0.2) is 12.2 Å². The van der Waals surface area contributed by atoms with Crippen LogP contribution in [0.1, 0.15) is 65.2 Å². The summed E-state index contributed by atoms with van der Waals surface area (Å²) in [6.45, 7) is 4.47. The Kier molecular flexibility index (Phi) is 4.96. The number of rotatable bonds is 2. The van der Waals surface area contributed by atoms with E-state index in [-0.39, 0.29) is 18.0 Å². The number of fused-ring (bicyclic) bond motifs is 2. The van der Waals surface area contributed by atoms with Crippen molar-refractivity contribution >= 4 is 5.97 Å². The molecule has 2 heterocycles. The number of ether oxygens (including phenoxy) is 1. The van der Waals surface area contributed by atoms with Crippen LogP contribution in [-0.2, 0) is 9.53 Å². The maximum Gasteiger partial charge on any atom is 0.309 e. The second kappa shape index (κ2) is 7.06. The number of carbonyl (C=O) groups is 1. The minimum Gasteiger partial charge on any atom is -0.462 e. The number of allylic oxidation sites excluding steroid dienone is 1. The third kappa shape index (κ3) is 3.18. The number of cyclic esters (lactones) is 1. The molecule has 25 heavy (non-hydrogen) atoms. The second-order valence-electron chi connectivity index (χ2n) is 9.24. The molecule has 4 fully saturated rings. The first-order chi connectivity index (χ1) is 12.1. The number of esters is 1. The zero-order valence-corrected chi connectivity index (χ0v) is 16.2. The van der Waals surface area contributed by atoms with Gasteiger partial charge in [-0.1, -0.05) is 37.8 Å². The second-order valence-corrected chi connectivity index (χ2v) is 9.24. The fourth-order valence-electron chi connectivity index (χ4n) is 6.43. The van der Waals surface area contributed by atoms with E-state index < -0.39 is 0 Å². The van der Waals surface area contributed by atoms with Crippen molar-refractivity contribution in [2.24, 2.45) is 29.6 Å². The third-order valence-corrected chi connectivity index (χ3v) is 7.97. The molecule has 0 spiro atoms. The molecule has 0 N–H and O–H groups in total. The van der Waals surface area contributed by atoms with Crippen molar-refractivity contribution in [3.05, 3.63) is 12.2 Å². The van der Waals surface area contributed by atoms with Gasteiger partial charge in [0.25, 0.3) is 0 Å². The summed E-state index contributed by atoms with van der Waals surface area (Å²) in [5.41, 5.74) is 0. The number of piperidine rings is 1. The SMILES string of the molecule is C[C@@H]1OC(=O)C2CC3CCCCC3C(/C=C/C3CCC[C@H](C)N3C)C21. The van der Waals surface area contributed by atoms with Crippen LogP contribution in [0, 0.1) is 29.6 Å². The molecule has 0 aromatic carbocycles. The Balaban J connectivity index is 1.57. The fraction of sp³-hybridized carbons (Fsp3) is 0.864. The van der Waals surface area contributed by atoms with Crippen LogP contribution >= 0.6 is 0 Å². The van der Waals surface area contributed by atoms with E-state index in [9.17, 15) is 4.79 Å². The van der Waals surface area contributed by atoms with Crippen molar-refractivity contribution < 1.29 is 9.53 Å². The lowest BCUT2D eigenvalue weighted by atomic mass is 9.57. The Morgan fingerprint density at radius 2 is 1.84 bits per heavy atom. The summed E-state index contributed by atoms with van der Waals surface area (Å²) < 4.78 is 5.69. The molecule has 2 saturated carbocycles. The van der Waals surface area contributed by atoms with Gasteiger partial charge in [0.05, 0.1) is 5.92 Å². The van der Waals surface area contributed by atoms with Crippen molar-refractivity contribution in [2.75, 3.05) is 7.05 Å². The molecule has 0 bridgehead atoms. The summed E-state index contributed by atoms with van der Waals surface area (Å²) in [4.78, 5) is 14.9. The Morgan fingerprint density at radius 3 is 2.68 bits per heavy atom. The van der Waals surface area contributed by atoms with Crippen LogP contribution in [0.2, 0.25) is 0 Å². The number of hydrogen-bond donors (Lipinski definition) is 0. The predicted octanol–water partition coefficient (Wildman–Crippen LogP) is 4.42. The summed E-state index contributed by atoms with van der Waals surface area (Å²) >= 11 is 0. The number of hydrogen-bond acceptors (Lipinski definition) is 3. The molecule has 4 aliphatic rings. The van der Waals surface area contributed by atoms with Gasteiger partial charge in [-0.05, 0) is 64.3 Å². The van der Waals surface area contributed by atoms with Gasteiger partial charge < -0.3 is 4.74 Å². The van der Waals surface area contributed by atoms with Crippen molar-refractivity contribution in [3.63, 3.8) is 0 Å². The average Bonchev–Trinajstić information content (AvgIpc) is 2.89. The highest BCUT2D eigenvalue weighted by Crippen LogP contribution is 2.53. The van der Waals surface area contributed by atoms with Crippen molar-refractivity contribution in [1.82, 2.24) is 4.90 Å². The average molecular weight is 346 g/mol. The van der Waals surface area contributed by atoms with Crippen LogP contribution in [-0.4, -0.2) is 36.1 Å². The third-order valence-electron chi connectivity index (χ3n) is 7.97. The van der Waals surface area contributed by atoms with Crippen LogP contribution in [0.4, 0.5) is 0 Å². The number of likely N-dealkylation sites (N-methyl/N-ethyl adjacent to an activating group) is 1. The smallest absolute Gasteiger partial charge is 0.309 e. The van der Waals surface area contributed by atoms with E-state index in [2.05, 4.69) is 37.9 Å². The highest BCUT2D eigenvalue weighted by molar-refractivity contribution is 5.75. The molecule has 2 saturated heterocycles. The van der Waals surface area contributed by atoms with Gasteiger partial charge in [0.2, 0.25) is 0 Å². The van der Waals surface area contributed by atoms with Crippen LogP contribution < -0.4 is 0 Å². The lowest BCUT2D eigenvalue weighted by molar-refractivity contribution is -0.144. The zero-order valence-electron chi connectivity index (χ0n) is 16.2. The molecule has 0 aromatic heterocycles. The van der Waals surface area contributed by atoms with Crippen molar-refractivity contribution in [3.8, 4) is 0 Å². The molecular formula is C22H35NO2. The maximum absolute atomic E-state index is 12.4. The first-order valence-electron chi connectivity index (χ1n) is 10.7. The van der Waals surface area contributed by atoms with Crippen LogP contribution in [0.3, 0.4) is 0 Å². The molecule has 0 aromatic rings. The fourth-order valence-corrected chi connectivity index (χ4v) is 6.43. The molecule has 2 aliphatic carbocycles. The number of likely N-dealkylation sites (tertiary alicyclic amines) is 1. The van der Waals surface area contributed by atoms with Gasteiger partial charge >= 0.3 is 5.97 Å². The highest BCUT2D eigenvalue weighted by atomic mass is 16.6. The summed E-state index contributed by atoms with van der Waals surface area (Å²) in [6.07, 6.45) is 15.5. The van der Waals surface area contributed by atoms with E-state index >= 15 is 0 Å². The summed E-state index contributed by atoms with van der Waals surface area (Å²) in [7, 11) is 2.27. The van der Waals surface area contributed by atoms with E-state index in [0.717, 1.165) is 18.3 Å². The minimum atomic E-state index is 0.0864. The predicted molar refractivity (Wildman–Crippen MR) is 100 cm³/mol. The van der Waals surface area contributed by atoms with Gasteiger partial charge in [0.15, 0.2) is 0 Å². The molecular weight excluding hydrogens is 310 g/mol. The van der Waals surface area contributed by atoms with E-state index in [1.54, 1.807) is 0 Å². The summed E-state index contributed by atoms with van der Waals surface area (Å²) in [6, 6.07) is 1.25. The molecule has 2 aliphatic heterocycles. The first-order valence-corrected chi connectivity index (χ1v) is 10.7. The lowest BCUT2D eigenvalue weighted by Gasteiger charge is -2.46. The van der Waals surface area contributed by atoms with Gasteiger partial charge in [-0.3, -0.25) is 9.69 Å². The standard InChI is InChI=1S/C22H35NO2/c1-14-7-6-9-17(23(14)3)11-12-19-18-10-5-4-8-16(18)13-20-21(19)15(2)25-22(20)24/h11-12,14-21H,4-10,13H2,1-3H3/b12-11+/t14-,15-,16?,17?,18?,19?,20?,21?/m0/s1. The Bertz CT molecular complexity index is 530.